The molecule has 1 aromatic rings. The Morgan fingerprint density at radius 3 is 2.70 bits per heavy atom. The largest absolute Gasteiger partial charge is 0.489 e. The lowest BCUT2D eigenvalue weighted by molar-refractivity contribution is -0.132. The summed E-state index contributed by atoms with van der Waals surface area (Å²) in [7, 11) is 0. The number of benzene rings is 1. The molecule has 2 fully saturated rings. The van der Waals surface area contributed by atoms with E-state index in [1.807, 2.05) is 11.0 Å². The molecule has 3 aliphatic rings. The minimum absolute atomic E-state index is 0.0306. The predicted molar refractivity (Wildman–Crippen MR) is 117 cm³/mol. The second-order valence-corrected chi connectivity index (χ2v) is 8.64. The van der Waals surface area contributed by atoms with Gasteiger partial charge < -0.3 is 14.5 Å². The average Bonchev–Trinajstić information content (AvgIpc) is 3.17. The van der Waals surface area contributed by atoms with E-state index in [0.717, 1.165) is 63.6 Å². The van der Waals surface area contributed by atoms with Gasteiger partial charge >= 0.3 is 0 Å². The minimum atomic E-state index is 0.0306. The van der Waals surface area contributed by atoms with E-state index in [1.54, 1.807) is 0 Å². The number of likely N-dealkylation sites (tertiary alicyclic amines) is 1. The number of carbonyl (C=O) groups excluding carboxylic acids is 1. The number of piperazine rings is 1. The number of hydroxylamine groups is 1. The molecular formula is C23H34N4O3. The molecule has 3 heterocycles. The molecule has 3 aliphatic heterocycles. The maximum absolute atomic E-state index is 12.0. The number of nitrogens with one attached hydrogen (secondary N) is 1. The first-order chi connectivity index (χ1) is 14.6. The van der Waals surface area contributed by atoms with Crippen molar-refractivity contribution >= 4 is 11.6 Å². The summed E-state index contributed by atoms with van der Waals surface area (Å²) in [6.45, 7) is 10.4. The van der Waals surface area contributed by atoms with Gasteiger partial charge in [-0.05, 0) is 44.9 Å². The van der Waals surface area contributed by atoms with E-state index in [0.29, 0.717) is 13.0 Å². The molecule has 0 aliphatic carbocycles. The van der Waals surface area contributed by atoms with Crippen molar-refractivity contribution < 1.29 is 14.4 Å². The van der Waals surface area contributed by atoms with E-state index < -0.39 is 0 Å². The second kappa shape index (κ2) is 9.71. The van der Waals surface area contributed by atoms with Gasteiger partial charge in [0.2, 0.25) is 5.91 Å². The quantitative estimate of drug-likeness (QED) is 0.740. The molecule has 164 valence electrons. The number of amides is 1. The lowest BCUT2D eigenvalue weighted by Crippen LogP contribution is -2.48. The summed E-state index contributed by atoms with van der Waals surface area (Å²) >= 11 is 0. The number of ether oxygens (including phenoxy) is 1. The second-order valence-electron chi connectivity index (χ2n) is 8.64. The Morgan fingerprint density at radius 1 is 1.13 bits per heavy atom. The number of hydrogen-bond acceptors (Lipinski definition) is 6. The van der Waals surface area contributed by atoms with Crippen molar-refractivity contribution in [2.75, 3.05) is 50.7 Å². The Kier molecular flexibility index (Phi) is 6.79. The Balaban J connectivity index is 1.26. The van der Waals surface area contributed by atoms with Gasteiger partial charge in [-0.15, -0.1) is 0 Å². The summed E-state index contributed by atoms with van der Waals surface area (Å²) in [5, 5.41) is 0. The van der Waals surface area contributed by atoms with Crippen LogP contribution in [0.25, 0.3) is 0 Å². The standard InChI is InChI=1S/C23H34N4O3/c1-18(2)29-22-8-4-3-7-21(22)26-13-11-25(12-14-26)17-20-15-19(24-30-20)16-27-10-6-5-9-23(27)28/h3-4,7-8,15,18,20,24H,5-6,9-14,16-17H2,1-2H3/t20-/m1/s1. The summed E-state index contributed by atoms with van der Waals surface area (Å²) in [4.78, 5) is 24.6. The number of carbonyl (C=O) groups is 1. The van der Waals surface area contributed by atoms with Crippen molar-refractivity contribution in [2.45, 2.75) is 45.3 Å². The zero-order chi connectivity index (χ0) is 20.9. The van der Waals surface area contributed by atoms with Crippen molar-refractivity contribution in [3.05, 3.63) is 36.0 Å². The summed E-state index contributed by atoms with van der Waals surface area (Å²) in [5.41, 5.74) is 5.22. The number of hydrogen-bond donors (Lipinski definition) is 1. The maximum Gasteiger partial charge on any atom is 0.222 e. The molecule has 1 atom stereocenters. The van der Waals surface area contributed by atoms with E-state index in [2.05, 4.69) is 53.4 Å². The molecule has 1 N–H and O–H groups in total. The molecule has 2 saturated heterocycles. The Hall–Kier alpha value is -2.25. The zero-order valence-electron chi connectivity index (χ0n) is 18.2. The van der Waals surface area contributed by atoms with Gasteiger partial charge in [0.05, 0.1) is 24.0 Å². The van der Waals surface area contributed by atoms with Crippen LogP contribution in [0.5, 0.6) is 5.75 Å². The third kappa shape index (κ3) is 5.26. The lowest BCUT2D eigenvalue weighted by Gasteiger charge is -2.37. The van der Waals surface area contributed by atoms with Gasteiger partial charge in [-0.2, -0.15) is 0 Å². The van der Waals surface area contributed by atoms with E-state index in [1.165, 1.54) is 5.69 Å². The van der Waals surface area contributed by atoms with Crippen molar-refractivity contribution in [3.63, 3.8) is 0 Å². The molecule has 4 rings (SSSR count). The molecular weight excluding hydrogens is 380 g/mol. The highest BCUT2D eigenvalue weighted by molar-refractivity contribution is 5.77. The molecule has 0 spiro atoms. The summed E-state index contributed by atoms with van der Waals surface area (Å²) in [6, 6.07) is 8.31. The minimum Gasteiger partial charge on any atom is -0.489 e. The smallest absolute Gasteiger partial charge is 0.222 e. The van der Waals surface area contributed by atoms with Crippen LogP contribution in [-0.4, -0.2) is 73.7 Å². The van der Waals surface area contributed by atoms with E-state index >= 15 is 0 Å². The van der Waals surface area contributed by atoms with Crippen LogP contribution in [0.4, 0.5) is 5.69 Å². The van der Waals surface area contributed by atoms with Crippen LogP contribution in [0, 0.1) is 0 Å². The molecule has 7 nitrogen and oxygen atoms in total. The fourth-order valence-corrected chi connectivity index (χ4v) is 4.35. The number of anilines is 1. The van der Waals surface area contributed by atoms with Crippen LogP contribution in [-0.2, 0) is 9.63 Å². The first-order valence-electron chi connectivity index (χ1n) is 11.2. The van der Waals surface area contributed by atoms with Crippen LogP contribution in [0.3, 0.4) is 0 Å². The van der Waals surface area contributed by atoms with Crippen molar-refractivity contribution in [3.8, 4) is 5.75 Å². The zero-order valence-corrected chi connectivity index (χ0v) is 18.2. The Labute approximate surface area is 179 Å². The van der Waals surface area contributed by atoms with Crippen LogP contribution in [0.15, 0.2) is 36.0 Å². The molecule has 30 heavy (non-hydrogen) atoms. The molecule has 0 radical (unpaired) electrons. The van der Waals surface area contributed by atoms with E-state index in [4.69, 9.17) is 9.57 Å². The SMILES string of the molecule is CC(C)Oc1ccccc1N1CCN(C[C@H]2C=C(CN3CCCCC3=O)NO2)CC1. The molecule has 7 heteroatoms. The van der Waals surface area contributed by atoms with Crippen LogP contribution in [0.2, 0.25) is 0 Å². The van der Waals surface area contributed by atoms with E-state index in [9.17, 15) is 4.79 Å². The van der Waals surface area contributed by atoms with Gasteiger partial charge in [-0.1, -0.05) is 12.1 Å². The van der Waals surface area contributed by atoms with Gasteiger partial charge in [0.1, 0.15) is 11.9 Å². The molecule has 1 aromatic carbocycles. The third-order valence-electron chi connectivity index (χ3n) is 5.89. The molecule has 0 aromatic heterocycles. The lowest BCUT2D eigenvalue weighted by atomic mass is 10.1. The summed E-state index contributed by atoms with van der Waals surface area (Å²) < 4.78 is 6.00. The number of para-hydroxylation sites is 2. The number of rotatable bonds is 7. The third-order valence-corrected chi connectivity index (χ3v) is 5.89. The highest BCUT2D eigenvalue weighted by Crippen LogP contribution is 2.29. The van der Waals surface area contributed by atoms with Crippen LogP contribution in [0.1, 0.15) is 33.1 Å². The van der Waals surface area contributed by atoms with Crippen molar-refractivity contribution in [1.29, 1.82) is 0 Å². The van der Waals surface area contributed by atoms with Gasteiger partial charge in [0.15, 0.2) is 0 Å². The number of nitrogens with zero attached hydrogens (tertiary/aromatic N) is 3. The van der Waals surface area contributed by atoms with Crippen LogP contribution < -0.4 is 15.1 Å². The first-order valence-corrected chi connectivity index (χ1v) is 11.2. The fraction of sp³-hybridized carbons (Fsp3) is 0.609. The van der Waals surface area contributed by atoms with Gasteiger partial charge in [-0.25, -0.2) is 0 Å². The predicted octanol–water partition coefficient (Wildman–Crippen LogP) is 2.40. The molecule has 0 unspecified atom stereocenters. The molecule has 0 saturated carbocycles. The van der Waals surface area contributed by atoms with Gasteiger partial charge in [-0.3, -0.25) is 20.0 Å². The van der Waals surface area contributed by atoms with E-state index in [-0.39, 0.29) is 18.1 Å². The van der Waals surface area contributed by atoms with Crippen molar-refractivity contribution in [1.82, 2.24) is 15.3 Å². The van der Waals surface area contributed by atoms with Gasteiger partial charge in [0.25, 0.3) is 0 Å². The first kappa shape index (κ1) is 21.0. The normalized spacial score (nSPS) is 23.0. The monoisotopic (exact) mass is 414 g/mol. The summed E-state index contributed by atoms with van der Waals surface area (Å²) in [5.74, 6) is 1.22. The highest BCUT2D eigenvalue weighted by Gasteiger charge is 2.26. The average molecular weight is 415 g/mol. The molecule has 0 bridgehead atoms. The van der Waals surface area contributed by atoms with Crippen LogP contribution >= 0.6 is 0 Å². The number of piperidine rings is 1. The van der Waals surface area contributed by atoms with Gasteiger partial charge in [0, 0.05) is 45.7 Å². The topological polar surface area (TPSA) is 57.3 Å². The Bertz CT molecular complexity index is 759. The highest BCUT2D eigenvalue weighted by atomic mass is 16.7. The maximum atomic E-state index is 12.0. The molecule has 1 amide bonds. The summed E-state index contributed by atoms with van der Waals surface area (Å²) in [6.07, 6.45) is 5.12. The Morgan fingerprint density at radius 2 is 1.93 bits per heavy atom. The van der Waals surface area contributed by atoms with Crippen molar-refractivity contribution in [2.24, 2.45) is 0 Å². The fourth-order valence-electron chi connectivity index (χ4n) is 4.35.